The van der Waals surface area contributed by atoms with Crippen molar-refractivity contribution in [2.24, 2.45) is 0 Å². The number of ketones is 1. The van der Waals surface area contributed by atoms with Gasteiger partial charge in [-0.3, -0.25) is 9.59 Å². The maximum atomic E-state index is 12.9. The largest absolute Gasteiger partial charge is 0.340 e. The molecule has 0 N–H and O–H groups in total. The summed E-state index contributed by atoms with van der Waals surface area (Å²) in [6.07, 6.45) is 0.264. The summed E-state index contributed by atoms with van der Waals surface area (Å²) in [5, 5.41) is 0. The lowest BCUT2D eigenvalue weighted by Gasteiger charge is -2.34. The zero-order valence-electron chi connectivity index (χ0n) is 17.1. The minimum atomic E-state index is -3.58. The number of hydrogen-bond donors (Lipinski definition) is 0. The number of carbonyl (C=O) groups is 2. The number of nitrogens with zero attached hydrogens (tertiary/aromatic N) is 2. The van der Waals surface area contributed by atoms with Crippen LogP contribution in [0.15, 0.2) is 51.8 Å². The molecule has 0 unspecified atom stereocenters. The number of rotatable bonds is 6. The lowest BCUT2D eigenvalue weighted by molar-refractivity contribution is -0.132. The molecular formula is C22H25BrN2O4S. The highest BCUT2D eigenvalue weighted by Gasteiger charge is 2.30. The van der Waals surface area contributed by atoms with Crippen molar-refractivity contribution < 1.29 is 18.0 Å². The van der Waals surface area contributed by atoms with E-state index < -0.39 is 10.0 Å². The molecule has 0 saturated carbocycles. The molecule has 6 nitrogen and oxygen atoms in total. The Hall–Kier alpha value is -2.03. The van der Waals surface area contributed by atoms with Crippen molar-refractivity contribution in [3.05, 3.63) is 63.6 Å². The molecule has 0 aliphatic carbocycles. The first-order chi connectivity index (χ1) is 14.2. The van der Waals surface area contributed by atoms with E-state index >= 15 is 0 Å². The molecular weight excluding hydrogens is 468 g/mol. The quantitative estimate of drug-likeness (QED) is 0.577. The first-order valence-electron chi connectivity index (χ1n) is 9.82. The molecule has 0 radical (unpaired) electrons. The van der Waals surface area contributed by atoms with Crippen LogP contribution in [0.25, 0.3) is 0 Å². The second kappa shape index (κ2) is 9.41. The molecule has 0 aromatic heterocycles. The molecule has 1 amide bonds. The fourth-order valence-electron chi connectivity index (χ4n) is 3.36. The average molecular weight is 493 g/mol. The van der Waals surface area contributed by atoms with Crippen LogP contribution in [0.3, 0.4) is 0 Å². The van der Waals surface area contributed by atoms with Crippen LogP contribution in [0.4, 0.5) is 0 Å². The lowest BCUT2D eigenvalue weighted by Crippen LogP contribution is -2.50. The van der Waals surface area contributed by atoms with Gasteiger partial charge in [0.1, 0.15) is 0 Å². The summed E-state index contributed by atoms with van der Waals surface area (Å²) in [5.74, 6) is -0.199. The SMILES string of the molecule is Cc1ccc(S(=O)(=O)N2CCN(C(=O)CCC(=O)c3ccc(Br)cc3)CC2)cc1C. The number of aryl methyl sites for hydroxylation is 2. The van der Waals surface area contributed by atoms with Crippen LogP contribution in [0.1, 0.15) is 34.3 Å². The second-order valence-electron chi connectivity index (χ2n) is 7.46. The number of benzene rings is 2. The summed E-state index contributed by atoms with van der Waals surface area (Å²) in [5.41, 5.74) is 2.55. The van der Waals surface area contributed by atoms with Crippen LogP contribution >= 0.6 is 15.9 Å². The molecule has 2 aromatic carbocycles. The maximum Gasteiger partial charge on any atom is 0.243 e. The van der Waals surface area contributed by atoms with E-state index in [-0.39, 0.29) is 42.5 Å². The maximum absolute atomic E-state index is 12.9. The van der Waals surface area contributed by atoms with Gasteiger partial charge in [-0.25, -0.2) is 8.42 Å². The van der Waals surface area contributed by atoms with Crippen LogP contribution in [0, 0.1) is 13.8 Å². The lowest BCUT2D eigenvalue weighted by atomic mass is 10.1. The van der Waals surface area contributed by atoms with Crippen LogP contribution < -0.4 is 0 Å². The van der Waals surface area contributed by atoms with E-state index in [1.165, 1.54) is 4.31 Å². The molecule has 8 heteroatoms. The first kappa shape index (κ1) is 22.7. The van der Waals surface area contributed by atoms with E-state index in [0.717, 1.165) is 15.6 Å². The third-order valence-corrected chi connectivity index (χ3v) is 7.86. The number of amides is 1. The van der Waals surface area contributed by atoms with Gasteiger partial charge in [0.15, 0.2) is 5.78 Å². The Bertz CT molecular complexity index is 1040. The van der Waals surface area contributed by atoms with Crippen LogP contribution in [-0.4, -0.2) is 55.5 Å². The summed E-state index contributed by atoms with van der Waals surface area (Å²) in [6, 6.07) is 12.2. The minimum Gasteiger partial charge on any atom is -0.340 e. The van der Waals surface area contributed by atoms with Crippen molar-refractivity contribution in [3.63, 3.8) is 0 Å². The number of Topliss-reactive ketones (excluding diaryl/α,β-unsaturated/α-hetero) is 1. The molecule has 0 spiro atoms. The molecule has 3 rings (SSSR count). The number of halogens is 1. The normalized spacial score (nSPS) is 15.2. The molecule has 1 fully saturated rings. The van der Waals surface area contributed by atoms with Crippen LogP contribution in [0.5, 0.6) is 0 Å². The van der Waals surface area contributed by atoms with Crippen molar-refractivity contribution in [1.29, 1.82) is 0 Å². The monoisotopic (exact) mass is 492 g/mol. The minimum absolute atomic E-state index is 0.0770. The number of carbonyl (C=O) groups excluding carboxylic acids is 2. The summed E-state index contributed by atoms with van der Waals surface area (Å²) in [6.45, 7) is 4.99. The number of piperazine rings is 1. The van der Waals surface area contributed by atoms with Crippen molar-refractivity contribution in [2.45, 2.75) is 31.6 Å². The summed E-state index contributed by atoms with van der Waals surface area (Å²) in [4.78, 5) is 26.7. The van der Waals surface area contributed by atoms with Gasteiger partial charge in [0.2, 0.25) is 15.9 Å². The van der Waals surface area contributed by atoms with Gasteiger partial charge in [-0.15, -0.1) is 0 Å². The smallest absolute Gasteiger partial charge is 0.243 e. The van der Waals surface area contributed by atoms with Gasteiger partial charge in [0.05, 0.1) is 4.90 Å². The number of sulfonamides is 1. The Morgan fingerprint density at radius 1 is 0.900 bits per heavy atom. The topological polar surface area (TPSA) is 74.8 Å². The van der Waals surface area contributed by atoms with Crippen molar-refractivity contribution >= 4 is 37.6 Å². The van der Waals surface area contributed by atoms with Crippen molar-refractivity contribution in [2.75, 3.05) is 26.2 Å². The highest BCUT2D eigenvalue weighted by Crippen LogP contribution is 2.21. The van der Waals surface area contributed by atoms with Crippen LogP contribution in [-0.2, 0) is 14.8 Å². The second-order valence-corrected chi connectivity index (χ2v) is 10.3. The van der Waals surface area contributed by atoms with Gasteiger partial charge in [-0.05, 0) is 49.2 Å². The first-order valence-corrected chi connectivity index (χ1v) is 12.1. The summed E-state index contributed by atoms with van der Waals surface area (Å²) in [7, 11) is -3.58. The zero-order chi connectivity index (χ0) is 21.9. The Balaban J connectivity index is 1.54. The molecule has 0 bridgehead atoms. The third-order valence-electron chi connectivity index (χ3n) is 5.44. The molecule has 30 heavy (non-hydrogen) atoms. The van der Waals surface area contributed by atoms with Gasteiger partial charge in [-0.1, -0.05) is 34.1 Å². The molecule has 1 aliphatic heterocycles. The Morgan fingerprint density at radius 2 is 1.53 bits per heavy atom. The van der Waals surface area contributed by atoms with E-state index in [2.05, 4.69) is 15.9 Å². The molecule has 160 valence electrons. The summed E-state index contributed by atoms with van der Waals surface area (Å²) < 4.78 is 28.1. The molecule has 0 atom stereocenters. The van der Waals surface area contributed by atoms with Crippen molar-refractivity contribution in [1.82, 2.24) is 9.21 Å². The van der Waals surface area contributed by atoms with E-state index in [4.69, 9.17) is 0 Å². The van der Waals surface area contributed by atoms with E-state index in [0.29, 0.717) is 18.7 Å². The standard InChI is InChI=1S/C22H25BrN2O4S/c1-16-3-8-20(15-17(16)2)30(28,29)25-13-11-24(12-14-25)22(27)10-9-21(26)18-4-6-19(23)7-5-18/h3-8,15H,9-14H2,1-2H3. The van der Waals surface area contributed by atoms with Crippen LogP contribution in [0.2, 0.25) is 0 Å². The zero-order valence-corrected chi connectivity index (χ0v) is 19.5. The van der Waals surface area contributed by atoms with Gasteiger partial charge >= 0.3 is 0 Å². The average Bonchev–Trinajstić information content (AvgIpc) is 2.74. The predicted molar refractivity (Wildman–Crippen MR) is 119 cm³/mol. The Kier molecular flexibility index (Phi) is 7.10. The summed E-state index contributed by atoms with van der Waals surface area (Å²) >= 11 is 3.33. The Morgan fingerprint density at radius 3 is 2.13 bits per heavy atom. The molecule has 2 aromatic rings. The molecule has 1 aliphatic rings. The van der Waals surface area contributed by atoms with Gasteiger partial charge in [0.25, 0.3) is 0 Å². The fraction of sp³-hybridized carbons (Fsp3) is 0.364. The predicted octanol–water partition coefficient (Wildman–Crippen LogP) is 3.56. The number of hydrogen-bond acceptors (Lipinski definition) is 4. The Labute approximate surface area is 186 Å². The highest BCUT2D eigenvalue weighted by atomic mass is 79.9. The van der Waals surface area contributed by atoms with E-state index in [1.807, 2.05) is 19.9 Å². The van der Waals surface area contributed by atoms with E-state index in [1.54, 1.807) is 41.3 Å². The highest BCUT2D eigenvalue weighted by molar-refractivity contribution is 9.10. The van der Waals surface area contributed by atoms with Gasteiger partial charge in [0, 0.05) is 49.1 Å². The van der Waals surface area contributed by atoms with E-state index in [9.17, 15) is 18.0 Å². The van der Waals surface area contributed by atoms with Crippen molar-refractivity contribution in [3.8, 4) is 0 Å². The van der Waals surface area contributed by atoms with Gasteiger partial charge in [-0.2, -0.15) is 4.31 Å². The third kappa shape index (κ3) is 5.17. The fourth-order valence-corrected chi connectivity index (χ4v) is 5.13. The molecule has 1 saturated heterocycles. The van der Waals surface area contributed by atoms with Gasteiger partial charge < -0.3 is 4.90 Å². The molecule has 1 heterocycles.